The maximum atomic E-state index is 13.2. The first-order valence-electron chi connectivity index (χ1n) is 27.7. The molecule has 3 unspecified atom stereocenters. The second-order valence-electron chi connectivity index (χ2n) is 19.0. The van der Waals surface area contributed by atoms with Crippen LogP contribution in [0.5, 0.6) is 0 Å². The number of aliphatic hydroxyl groups is 2. The fourth-order valence-electron chi connectivity index (χ4n) is 8.56. The first-order valence-corrected chi connectivity index (χ1v) is 27.7. The van der Waals surface area contributed by atoms with Crippen molar-refractivity contribution in [3.05, 3.63) is 36.5 Å². The molecule has 0 heterocycles. The van der Waals surface area contributed by atoms with Crippen LogP contribution in [0.15, 0.2) is 36.5 Å². The van der Waals surface area contributed by atoms with Gasteiger partial charge in [-0.05, 0) is 57.8 Å². The predicted molar refractivity (Wildman–Crippen MR) is 273 cm³/mol. The lowest BCUT2D eigenvalue weighted by Gasteiger charge is -2.24. The molecule has 0 fully saturated rings. The number of nitrogens with one attached hydrogen (secondary N) is 1. The van der Waals surface area contributed by atoms with Crippen molar-refractivity contribution in [3.63, 3.8) is 0 Å². The van der Waals surface area contributed by atoms with E-state index in [9.17, 15) is 19.8 Å². The Morgan fingerprint density at radius 1 is 0.476 bits per heavy atom. The molecule has 6 nitrogen and oxygen atoms in total. The van der Waals surface area contributed by atoms with Gasteiger partial charge in [-0.2, -0.15) is 0 Å². The first kappa shape index (κ1) is 61.1. The Bertz CT molecular complexity index is 1040. The summed E-state index contributed by atoms with van der Waals surface area (Å²) in [6, 6.07) is -0.706. The molecule has 0 bridgehead atoms. The van der Waals surface area contributed by atoms with Crippen LogP contribution in [0, 0.1) is 0 Å². The van der Waals surface area contributed by atoms with Crippen LogP contribution in [0.4, 0.5) is 0 Å². The highest BCUT2D eigenvalue weighted by molar-refractivity contribution is 5.77. The van der Waals surface area contributed by atoms with Gasteiger partial charge >= 0.3 is 5.97 Å². The molecule has 6 heteroatoms. The molecule has 63 heavy (non-hydrogen) atoms. The molecule has 0 aromatic carbocycles. The number of hydrogen-bond acceptors (Lipinski definition) is 5. The summed E-state index contributed by atoms with van der Waals surface area (Å²) >= 11 is 0. The van der Waals surface area contributed by atoms with Crippen molar-refractivity contribution in [3.8, 4) is 0 Å². The molecule has 0 spiro atoms. The highest BCUT2D eigenvalue weighted by Gasteiger charge is 2.24. The van der Waals surface area contributed by atoms with Crippen molar-refractivity contribution in [1.82, 2.24) is 5.32 Å². The van der Waals surface area contributed by atoms with Crippen molar-refractivity contribution in [1.29, 1.82) is 0 Å². The number of rotatable bonds is 50. The molecule has 0 radical (unpaired) electrons. The van der Waals surface area contributed by atoms with Gasteiger partial charge in [0.2, 0.25) is 5.91 Å². The second kappa shape index (κ2) is 51.1. The third-order valence-corrected chi connectivity index (χ3v) is 12.7. The molecule has 0 aliphatic heterocycles. The summed E-state index contributed by atoms with van der Waals surface area (Å²) < 4.78 is 5.95. The molecule has 1 amide bonds. The summed E-state index contributed by atoms with van der Waals surface area (Å²) in [5, 5.41) is 23.8. The number of ether oxygens (including phenoxy) is 1. The van der Waals surface area contributed by atoms with Crippen molar-refractivity contribution < 1.29 is 24.5 Å². The SMILES string of the molecule is CC/C=C/C/C=C/C/C=C/CCCCCCC(CC(=O)NC(CO)C(O)CCCCCCCCCCCCCC)OC(=O)CCCCCCCCCCCCCCCCCCCC. The van der Waals surface area contributed by atoms with Gasteiger partial charge in [0, 0.05) is 6.42 Å². The first-order chi connectivity index (χ1) is 31.0. The fraction of sp³-hybridized carbons (Fsp3) is 0.860. The number of esters is 1. The van der Waals surface area contributed by atoms with Gasteiger partial charge < -0.3 is 20.3 Å². The molecule has 3 N–H and O–H groups in total. The van der Waals surface area contributed by atoms with E-state index in [2.05, 4.69) is 62.5 Å². The summed E-state index contributed by atoms with van der Waals surface area (Å²) in [7, 11) is 0. The Hall–Kier alpha value is -1.92. The Morgan fingerprint density at radius 3 is 1.30 bits per heavy atom. The number of hydrogen-bond donors (Lipinski definition) is 3. The van der Waals surface area contributed by atoms with Gasteiger partial charge in [-0.3, -0.25) is 9.59 Å². The minimum atomic E-state index is -0.791. The van der Waals surface area contributed by atoms with E-state index in [0.717, 1.165) is 89.9 Å². The summed E-state index contributed by atoms with van der Waals surface area (Å²) in [6.45, 7) is 6.39. The van der Waals surface area contributed by atoms with Gasteiger partial charge in [-0.25, -0.2) is 0 Å². The van der Waals surface area contributed by atoms with E-state index >= 15 is 0 Å². The molecule has 0 saturated heterocycles. The average Bonchev–Trinajstić information content (AvgIpc) is 3.28. The van der Waals surface area contributed by atoms with Gasteiger partial charge in [-0.1, -0.05) is 256 Å². The third kappa shape index (κ3) is 46.4. The number of carbonyl (C=O) groups excluding carboxylic acids is 2. The van der Waals surface area contributed by atoms with Crippen LogP contribution in [-0.2, 0) is 14.3 Å². The Labute approximate surface area is 392 Å². The third-order valence-electron chi connectivity index (χ3n) is 12.7. The maximum Gasteiger partial charge on any atom is 0.306 e. The van der Waals surface area contributed by atoms with E-state index in [1.165, 1.54) is 154 Å². The lowest BCUT2D eigenvalue weighted by Crippen LogP contribution is -2.46. The quantitative estimate of drug-likeness (QED) is 0.0321. The van der Waals surface area contributed by atoms with E-state index in [1.54, 1.807) is 0 Å². The van der Waals surface area contributed by atoms with Gasteiger partial charge in [0.15, 0.2) is 0 Å². The molecule has 0 rings (SSSR count). The number of unbranched alkanes of at least 4 members (excludes halogenated alkanes) is 32. The fourth-order valence-corrected chi connectivity index (χ4v) is 8.56. The minimum Gasteiger partial charge on any atom is -0.462 e. The molecule has 370 valence electrons. The van der Waals surface area contributed by atoms with Gasteiger partial charge in [0.25, 0.3) is 0 Å². The van der Waals surface area contributed by atoms with E-state index in [1.807, 2.05) is 0 Å². The van der Waals surface area contributed by atoms with Crippen LogP contribution in [0.2, 0.25) is 0 Å². The lowest BCUT2D eigenvalue weighted by molar-refractivity contribution is -0.151. The normalized spacial score (nSPS) is 13.4. The lowest BCUT2D eigenvalue weighted by atomic mass is 10.0. The number of aliphatic hydroxyl groups excluding tert-OH is 2. The largest absolute Gasteiger partial charge is 0.462 e. The molecule has 0 aromatic rings. The molecular formula is C57H107NO5. The van der Waals surface area contributed by atoms with Crippen molar-refractivity contribution >= 4 is 11.9 Å². The Kier molecular flexibility index (Phi) is 49.5. The molecule has 0 aliphatic rings. The van der Waals surface area contributed by atoms with Crippen LogP contribution in [-0.4, -0.2) is 46.9 Å². The zero-order chi connectivity index (χ0) is 45.9. The smallest absolute Gasteiger partial charge is 0.306 e. The topological polar surface area (TPSA) is 95.9 Å². The summed E-state index contributed by atoms with van der Waals surface area (Å²) in [5.41, 5.74) is 0. The summed E-state index contributed by atoms with van der Waals surface area (Å²) in [6.07, 6.45) is 60.7. The van der Waals surface area contributed by atoms with E-state index in [4.69, 9.17) is 4.74 Å². The minimum absolute atomic E-state index is 0.0666. The summed E-state index contributed by atoms with van der Waals surface area (Å²) in [5.74, 6) is -0.482. The molecule has 0 aromatic heterocycles. The highest BCUT2D eigenvalue weighted by atomic mass is 16.5. The van der Waals surface area contributed by atoms with E-state index in [0.29, 0.717) is 19.3 Å². The molecule has 0 aliphatic carbocycles. The van der Waals surface area contributed by atoms with Gasteiger partial charge in [-0.15, -0.1) is 0 Å². The second-order valence-corrected chi connectivity index (χ2v) is 19.0. The molecule has 3 atom stereocenters. The van der Waals surface area contributed by atoms with Gasteiger partial charge in [0.1, 0.15) is 6.10 Å². The van der Waals surface area contributed by atoms with Crippen molar-refractivity contribution in [2.45, 2.75) is 309 Å². The highest BCUT2D eigenvalue weighted by Crippen LogP contribution is 2.18. The zero-order valence-corrected chi connectivity index (χ0v) is 42.2. The predicted octanol–water partition coefficient (Wildman–Crippen LogP) is 16.8. The van der Waals surface area contributed by atoms with E-state index in [-0.39, 0.29) is 24.9 Å². The van der Waals surface area contributed by atoms with E-state index < -0.39 is 18.2 Å². The van der Waals surface area contributed by atoms with Crippen molar-refractivity contribution in [2.24, 2.45) is 0 Å². The number of amides is 1. The Balaban J connectivity index is 4.53. The zero-order valence-electron chi connectivity index (χ0n) is 42.2. The molecular weight excluding hydrogens is 779 g/mol. The number of carbonyl (C=O) groups is 2. The van der Waals surface area contributed by atoms with Crippen LogP contribution < -0.4 is 5.32 Å². The van der Waals surface area contributed by atoms with Crippen LogP contribution in [0.1, 0.15) is 290 Å². The average molecular weight is 886 g/mol. The Morgan fingerprint density at radius 2 is 0.857 bits per heavy atom. The molecule has 0 saturated carbocycles. The van der Waals surface area contributed by atoms with Crippen molar-refractivity contribution in [2.75, 3.05) is 6.61 Å². The van der Waals surface area contributed by atoms with Crippen LogP contribution >= 0.6 is 0 Å². The maximum absolute atomic E-state index is 13.2. The number of allylic oxidation sites excluding steroid dienone is 6. The summed E-state index contributed by atoms with van der Waals surface area (Å²) in [4.78, 5) is 26.2. The van der Waals surface area contributed by atoms with Crippen LogP contribution in [0.25, 0.3) is 0 Å². The standard InChI is InChI=1S/C57H107NO5/c1-4-7-10-13-16-19-22-25-27-28-29-30-32-35-38-41-44-47-50-57(62)63-53(48-45-42-39-36-33-31-26-23-20-17-14-11-8-5-2)51-56(61)58-54(52-59)55(60)49-46-43-40-37-34-24-21-18-15-12-9-6-3/h8,11,17,20,26,31,53-55,59-60H,4-7,9-10,12-16,18-19,21-25,27-30,32-52H2,1-3H3,(H,58,61)/b11-8+,20-17+,31-26+. The van der Waals surface area contributed by atoms with Gasteiger partial charge in [0.05, 0.1) is 25.2 Å². The monoisotopic (exact) mass is 886 g/mol. The van der Waals surface area contributed by atoms with Crippen LogP contribution in [0.3, 0.4) is 0 Å².